The lowest BCUT2D eigenvalue weighted by Crippen LogP contribution is -2.61. The number of aliphatic hydroxyl groups is 2. The number of nitrogens with two attached hydrogens (primary N) is 1. The topological polar surface area (TPSA) is 191 Å². The first kappa shape index (κ1) is 29.4. The predicted molar refractivity (Wildman–Crippen MR) is 128 cm³/mol. The van der Waals surface area contributed by atoms with E-state index in [1.165, 1.54) is 25.6 Å². The largest absolute Gasteiger partial charge is 0.480 e. The minimum absolute atomic E-state index is 0.233. The summed E-state index contributed by atoms with van der Waals surface area (Å²) in [7, 11) is 0. The lowest BCUT2D eigenvalue weighted by Gasteiger charge is -2.27. The van der Waals surface area contributed by atoms with Gasteiger partial charge in [-0.3, -0.25) is 14.4 Å². The molecule has 1 aromatic rings. The minimum atomic E-state index is -1.63. The van der Waals surface area contributed by atoms with Crippen molar-refractivity contribution in [2.24, 2.45) is 5.73 Å². The van der Waals surface area contributed by atoms with E-state index in [1.807, 2.05) is 36.6 Å². The lowest BCUT2D eigenvalue weighted by molar-refractivity contribution is -0.146. The van der Waals surface area contributed by atoms with Crippen LogP contribution in [-0.2, 0) is 25.6 Å². The Morgan fingerprint density at radius 2 is 1.47 bits per heavy atom. The number of hydrogen-bond acceptors (Lipinski definition) is 8. The van der Waals surface area contributed by atoms with Crippen molar-refractivity contribution >= 4 is 35.5 Å². The summed E-state index contributed by atoms with van der Waals surface area (Å²) < 4.78 is 0. The molecule has 0 aliphatic rings. The van der Waals surface area contributed by atoms with Crippen LogP contribution in [0, 0.1) is 0 Å². The zero-order chi connectivity index (χ0) is 25.8. The van der Waals surface area contributed by atoms with Gasteiger partial charge in [-0.1, -0.05) is 30.3 Å². The maximum Gasteiger partial charge on any atom is 0.328 e. The first-order valence-corrected chi connectivity index (χ1v) is 12.2. The second-order valence-electron chi connectivity index (χ2n) is 7.93. The highest BCUT2D eigenvalue weighted by atomic mass is 32.2. The van der Waals surface area contributed by atoms with Gasteiger partial charge >= 0.3 is 5.97 Å². The number of benzene rings is 1. The highest BCUT2D eigenvalue weighted by Gasteiger charge is 2.33. The molecule has 34 heavy (non-hydrogen) atoms. The van der Waals surface area contributed by atoms with Gasteiger partial charge < -0.3 is 37.0 Å². The molecule has 6 unspecified atom stereocenters. The number of hydrogen-bond donors (Lipinski definition) is 7. The van der Waals surface area contributed by atoms with Gasteiger partial charge in [0.15, 0.2) is 6.04 Å². The normalized spacial score (nSPS) is 16.3. The van der Waals surface area contributed by atoms with Crippen LogP contribution in [0.3, 0.4) is 0 Å². The van der Waals surface area contributed by atoms with E-state index in [0.29, 0.717) is 5.75 Å². The maximum absolute atomic E-state index is 12.9. The van der Waals surface area contributed by atoms with Gasteiger partial charge in [0.2, 0.25) is 17.7 Å². The monoisotopic (exact) mass is 498 g/mol. The van der Waals surface area contributed by atoms with Crippen LogP contribution in [0.15, 0.2) is 30.3 Å². The van der Waals surface area contributed by atoms with E-state index in [0.717, 1.165) is 5.56 Å². The van der Waals surface area contributed by atoms with Gasteiger partial charge in [-0.2, -0.15) is 11.8 Å². The van der Waals surface area contributed by atoms with Gasteiger partial charge in [-0.15, -0.1) is 0 Å². The molecular weight excluding hydrogens is 464 g/mol. The molecule has 11 nitrogen and oxygen atoms in total. The number of rotatable bonds is 14. The molecule has 190 valence electrons. The van der Waals surface area contributed by atoms with Crippen LogP contribution in [0.25, 0.3) is 0 Å². The number of thioether (sulfide) groups is 1. The molecule has 0 fully saturated rings. The fraction of sp³-hybridized carbons (Fsp3) is 0.545. The van der Waals surface area contributed by atoms with Gasteiger partial charge in [0.1, 0.15) is 12.1 Å². The Kier molecular flexibility index (Phi) is 12.6. The van der Waals surface area contributed by atoms with E-state index in [9.17, 15) is 29.4 Å². The van der Waals surface area contributed by atoms with E-state index in [2.05, 4.69) is 16.0 Å². The quantitative estimate of drug-likeness (QED) is 0.162. The Morgan fingerprint density at radius 1 is 0.912 bits per heavy atom. The van der Waals surface area contributed by atoms with Crippen LogP contribution in [0.2, 0.25) is 0 Å². The zero-order valence-corrected chi connectivity index (χ0v) is 20.2. The molecule has 0 spiro atoms. The molecule has 8 N–H and O–H groups in total. The summed E-state index contributed by atoms with van der Waals surface area (Å²) in [5.74, 6) is -3.24. The summed E-state index contributed by atoms with van der Waals surface area (Å²) in [5, 5.41) is 35.8. The van der Waals surface area contributed by atoms with Gasteiger partial charge in [0.25, 0.3) is 0 Å². The minimum Gasteiger partial charge on any atom is -0.480 e. The summed E-state index contributed by atoms with van der Waals surface area (Å²) in [6.07, 6.45) is -0.475. The summed E-state index contributed by atoms with van der Waals surface area (Å²) in [4.78, 5) is 49.3. The van der Waals surface area contributed by atoms with Crippen LogP contribution in [0.5, 0.6) is 0 Å². The maximum atomic E-state index is 12.9. The predicted octanol–water partition coefficient (Wildman–Crippen LogP) is -1.39. The third kappa shape index (κ3) is 9.67. The molecule has 6 atom stereocenters. The number of carboxylic acid groups (broad SMARTS) is 1. The van der Waals surface area contributed by atoms with Gasteiger partial charge in [0.05, 0.1) is 18.2 Å². The van der Waals surface area contributed by atoms with Crippen molar-refractivity contribution < 1.29 is 34.5 Å². The molecule has 1 rings (SSSR count). The van der Waals surface area contributed by atoms with Crippen molar-refractivity contribution in [2.45, 2.75) is 63.1 Å². The number of carboxylic acids is 1. The molecule has 0 bridgehead atoms. The van der Waals surface area contributed by atoms with Crippen molar-refractivity contribution in [3.8, 4) is 0 Å². The Bertz CT molecular complexity index is 823. The van der Waals surface area contributed by atoms with Crippen molar-refractivity contribution in [3.05, 3.63) is 35.9 Å². The van der Waals surface area contributed by atoms with Crippen LogP contribution >= 0.6 is 11.8 Å². The van der Waals surface area contributed by atoms with Gasteiger partial charge in [-0.05, 0) is 44.3 Å². The van der Waals surface area contributed by atoms with Gasteiger partial charge in [-0.25, -0.2) is 4.79 Å². The smallest absolute Gasteiger partial charge is 0.328 e. The van der Waals surface area contributed by atoms with E-state index < -0.39 is 60.1 Å². The molecule has 12 heteroatoms. The second-order valence-corrected chi connectivity index (χ2v) is 8.92. The molecular formula is C22H34N4O7S. The molecule has 0 radical (unpaired) electrons. The fourth-order valence-electron chi connectivity index (χ4n) is 3.03. The summed E-state index contributed by atoms with van der Waals surface area (Å²) in [6, 6.07) is 4.04. The zero-order valence-electron chi connectivity index (χ0n) is 19.4. The molecule has 3 amide bonds. The number of nitrogens with one attached hydrogen (secondary N) is 3. The second kappa shape index (κ2) is 14.6. The average Bonchev–Trinajstić information content (AvgIpc) is 2.77. The number of aliphatic hydroxyl groups excluding tert-OH is 2. The standard InChI is InChI=1S/C22H34N4O7S/c1-12(27)17(21(31)26-18(13(2)28)22(32)33)25-20(30)16(9-10-34-3)24-19(29)15(23)11-14-7-5-4-6-8-14/h4-8,12-13,15-18,27-28H,9-11,23H2,1-3H3,(H,24,29)(H,25,30)(H,26,31)(H,32,33). The van der Waals surface area contributed by atoms with E-state index >= 15 is 0 Å². The van der Waals surface area contributed by atoms with E-state index in [-0.39, 0.29) is 12.8 Å². The third-order valence-electron chi connectivity index (χ3n) is 4.99. The SMILES string of the molecule is CSCCC(NC(=O)C(N)Cc1ccccc1)C(=O)NC(C(=O)NC(C(=O)O)C(C)O)C(C)O. The number of amides is 3. The summed E-state index contributed by atoms with van der Waals surface area (Å²) in [6.45, 7) is 2.43. The third-order valence-corrected chi connectivity index (χ3v) is 5.63. The first-order chi connectivity index (χ1) is 16.0. The molecule has 0 aliphatic heterocycles. The molecule has 0 aliphatic carbocycles. The molecule has 0 saturated carbocycles. The number of carbonyl (C=O) groups excluding carboxylic acids is 3. The van der Waals surface area contributed by atoms with Crippen LogP contribution in [-0.4, -0.2) is 87.4 Å². The average molecular weight is 499 g/mol. The van der Waals surface area contributed by atoms with Crippen LogP contribution in [0.1, 0.15) is 25.8 Å². The highest BCUT2D eigenvalue weighted by Crippen LogP contribution is 2.06. The molecule has 1 aromatic carbocycles. The Labute approximate surface area is 202 Å². The van der Waals surface area contributed by atoms with Crippen molar-refractivity contribution in [2.75, 3.05) is 12.0 Å². The first-order valence-electron chi connectivity index (χ1n) is 10.8. The van der Waals surface area contributed by atoms with Crippen LogP contribution < -0.4 is 21.7 Å². The molecule has 0 aromatic heterocycles. The van der Waals surface area contributed by atoms with Crippen molar-refractivity contribution in [1.82, 2.24) is 16.0 Å². The fourth-order valence-corrected chi connectivity index (χ4v) is 3.51. The molecule has 0 heterocycles. The summed E-state index contributed by atoms with van der Waals surface area (Å²) >= 11 is 1.45. The van der Waals surface area contributed by atoms with Crippen molar-refractivity contribution in [3.63, 3.8) is 0 Å². The summed E-state index contributed by atoms with van der Waals surface area (Å²) in [5.41, 5.74) is 6.86. The van der Waals surface area contributed by atoms with Gasteiger partial charge in [0, 0.05) is 0 Å². The number of aliphatic carboxylic acids is 1. The Hall–Kier alpha value is -2.67. The lowest BCUT2D eigenvalue weighted by atomic mass is 10.0. The Morgan fingerprint density at radius 3 is 1.97 bits per heavy atom. The highest BCUT2D eigenvalue weighted by molar-refractivity contribution is 7.98. The Balaban J connectivity index is 2.90. The van der Waals surface area contributed by atoms with E-state index in [1.54, 1.807) is 0 Å². The number of carbonyl (C=O) groups is 4. The molecule has 0 saturated heterocycles. The van der Waals surface area contributed by atoms with E-state index in [4.69, 9.17) is 10.8 Å². The van der Waals surface area contributed by atoms with Crippen molar-refractivity contribution in [1.29, 1.82) is 0 Å². The van der Waals surface area contributed by atoms with Crippen LogP contribution in [0.4, 0.5) is 0 Å².